The molecule has 2 rings (SSSR count). The van der Waals surface area contributed by atoms with Crippen molar-refractivity contribution in [2.75, 3.05) is 6.61 Å². The minimum Gasteiger partial charge on any atom is -0.482 e. The average molecular weight is 230 g/mol. The minimum absolute atomic E-state index is 0.379. The van der Waals surface area contributed by atoms with E-state index in [9.17, 15) is 13.6 Å². The van der Waals surface area contributed by atoms with Crippen LogP contribution >= 0.6 is 0 Å². The molecule has 0 amide bonds. The van der Waals surface area contributed by atoms with Gasteiger partial charge >= 0.3 is 5.97 Å². The van der Waals surface area contributed by atoms with Gasteiger partial charge in [-0.05, 0) is 19.1 Å². The molecule has 1 aromatic rings. The van der Waals surface area contributed by atoms with Crippen molar-refractivity contribution >= 4 is 5.97 Å². The molecule has 1 aliphatic heterocycles. The quantitative estimate of drug-likeness (QED) is 0.795. The summed E-state index contributed by atoms with van der Waals surface area (Å²) in [6.45, 7) is 0.846. The van der Waals surface area contributed by atoms with Crippen molar-refractivity contribution < 1.29 is 28.2 Å². The van der Waals surface area contributed by atoms with Gasteiger partial charge in [0, 0.05) is 0 Å². The van der Waals surface area contributed by atoms with Crippen LogP contribution in [0, 0.1) is 11.6 Å². The van der Waals surface area contributed by atoms with Crippen molar-refractivity contribution in [3.8, 4) is 11.5 Å². The summed E-state index contributed by atoms with van der Waals surface area (Å²) < 4.78 is 36.3. The smallest absolute Gasteiger partial charge is 0.351 e. The number of carbonyl (C=O) groups is 1. The lowest BCUT2D eigenvalue weighted by atomic mass is 10.1. The van der Waals surface area contributed by atoms with Gasteiger partial charge in [0.25, 0.3) is 0 Å². The first-order valence-electron chi connectivity index (χ1n) is 4.47. The maximum Gasteiger partial charge on any atom is 0.351 e. The van der Waals surface area contributed by atoms with Gasteiger partial charge in [0.2, 0.25) is 11.4 Å². The molecule has 6 heteroatoms. The van der Waals surface area contributed by atoms with Crippen LogP contribution in [0.1, 0.15) is 6.92 Å². The van der Waals surface area contributed by atoms with E-state index in [0.717, 1.165) is 12.1 Å². The zero-order valence-electron chi connectivity index (χ0n) is 8.29. The zero-order valence-corrected chi connectivity index (χ0v) is 8.29. The fourth-order valence-electron chi connectivity index (χ4n) is 1.31. The van der Waals surface area contributed by atoms with E-state index < -0.39 is 34.7 Å². The molecule has 1 N–H and O–H groups in total. The van der Waals surface area contributed by atoms with Crippen molar-refractivity contribution in [3.63, 3.8) is 0 Å². The Morgan fingerprint density at radius 2 is 1.94 bits per heavy atom. The second-order valence-corrected chi connectivity index (χ2v) is 3.61. The summed E-state index contributed by atoms with van der Waals surface area (Å²) in [5.74, 6) is -3.84. The molecule has 4 nitrogen and oxygen atoms in total. The van der Waals surface area contributed by atoms with Crippen molar-refractivity contribution in [1.82, 2.24) is 0 Å². The fourth-order valence-corrected chi connectivity index (χ4v) is 1.31. The van der Waals surface area contributed by atoms with Crippen molar-refractivity contribution in [2.45, 2.75) is 12.5 Å². The van der Waals surface area contributed by atoms with Crippen LogP contribution in [-0.4, -0.2) is 23.3 Å². The molecule has 0 bridgehead atoms. The topological polar surface area (TPSA) is 55.8 Å². The first-order chi connectivity index (χ1) is 7.44. The number of aliphatic carboxylic acids is 1. The Labute approximate surface area is 89.4 Å². The highest BCUT2D eigenvalue weighted by Gasteiger charge is 2.42. The van der Waals surface area contributed by atoms with Crippen LogP contribution in [0.25, 0.3) is 0 Å². The Morgan fingerprint density at radius 3 is 2.50 bits per heavy atom. The van der Waals surface area contributed by atoms with E-state index >= 15 is 0 Å². The molecule has 0 spiro atoms. The van der Waals surface area contributed by atoms with E-state index in [0.29, 0.717) is 0 Å². The highest BCUT2D eigenvalue weighted by atomic mass is 19.1. The predicted octanol–water partition coefficient (Wildman–Crippen LogP) is 1.58. The molecule has 1 unspecified atom stereocenters. The second-order valence-electron chi connectivity index (χ2n) is 3.61. The van der Waals surface area contributed by atoms with E-state index in [4.69, 9.17) is 14.6 Å². The first-order valence-corrected chi connectivity index (χ1v) is 4.47. The van der Waals surface area contributed by atoms with E-state index in [1.54, 1.807) is 0 Å². The predicted molar refractivity (Wildman–Crippen MR) is 48.5 cm³/mol. The molecular weight excluding hydrogens is 222 g/mol. The second kappa shape index (κ2) is 3.33. The molecule has 1 aromatic carbocycles. The third kappa shape index (κ3) is 1.46. The van der Waals surface area contributed by atoms with Gasteiger partial charge in [-0.25, -0.2) is 13.6 Å². The van der Waals surface area contributed by atoms with Gasteiger partial charge < -0.3 is 14.6 Å². The lowest BCUT2D eigenvalue weighted by Crippen LogP contribution is -2.49. The number of fused-ring (bicyclic) bond motifs is 1. The van der Waals surface area contributed by atoms with E-state index in [-0.39, 0.29) is 6.61 Å². The number of rotatable bonds is 1. The fraction of sp³-hybridized carbons (Fsp3) is 0.300. The summed E-state index contributed by atoms with van der Waals surface area (Å²) in [4.78, 5) is 10.9. The molecule has 1 atom stereocenters. The van der Waals surface area contributed by atoms with Crippen LogP contribution in [0.15, 0.2) is 12.1 Å². The molecule has 1 heterocycles. The summed E-state index contributed by atoms with van der Waals surface area (Å²) in [6, 6.07) is 1.74. The van der Waals surface area contributed by atoms with Crippen LogP contribution in [-0.2, 0) is 4.79 Å². The van der Waals surface area contributed by atoms with Crippen LogP contribution in [0.2, 0.25) is 0 Å². The lowest BCUT2D eigenvalue weighted by Gasteiger charge is -2.32. The zero-order chi connectivity index (χ0) is 11.9. The average Bonchev–Trinajstić information content (AvgIpc) is 2.23. The van der Waals surface area contributed by atoms with Crippen molar-refractivity contribution in [3.05, 3.63) is 23.8 Å². The monoisotopic (exact) mass is 230 g/mol. The van der Waals surface area contributed by atoms with Crippen LogP contribution < -0.4 is 9.47 Å². The van der Waals surface area contributed by atoms with Crippen molar-refractivity contribution in [2.24, 2.45) is 0 Å². The Bertz CT molecular complexity index is 460. The highest BCUT2D eigenvalue weighted by Crippen LogP contribution is 2.39. The summed E-state index contributed by atoms with van der Waals surface area (Å²) >= 11 is 0. The van der Waals surface area contributed by atoms with Gasteiger partial charge in [-0.1, -0.05) is 0 Å². The highest BCUT2D eigenvalue weighted by molar-refractivity contribution is 5.78. The molecule has 1 aliphatic rings. The van der Waals surface area contributed by atoms with Crippen molar-refractivity contribution in [1.29, 1.82) is 0 Å². The molecule has 0 radical (unpaired) electrons. The molecule has 0 fully saturated rings. The number of hydrogen-bond acceptors (Lipinski definition) is 3. The molecule has 86 valence electrons. The number of benzene rings is 1. The first kappa shape index (κ1) is 10.7. The van der Waals surface area contributed by atoms with Crippen LogP contribution in [0.4, 0.5) is 8.78 Å². The van der Waals surface area contributed by atoms with E-state index in [2.05, 4.69) is 0 Å². The summed E-state index contributed by atoms with van der Waals surface area (Å²) in [7, 11) is 0. The molecule has 0 aliphatic carbocycles. The Kier molecular flexibility index (Phi) is 2.22. The third-order valence-corrected chi connectivity index (χ3v) is 2.29. The molecule has 16 heavy (non-hydrogen) atoms. The summed E-state index contributed by atoms with van der Waals surface area (Å²) in [5, 5.41) is 8.86. The number of ether oxygens (including phenoxy) is 2. The van der Waals surface area contributed by atoms with Gasteiger partial charge in [0.05, 0.1) is 0 Å². The van der Waals surface area contributed by atoms with Crippen LogP contribution in [0.3, 0.4) is 0 Å². The SMILES string of the molecule is CC1(C(=O)O)COc2c(F)ccc(F)c2O1. The lowest BCUT2D eigenvalue weighted by molar-refractivity contribution is -0.158. The van der Waals surface area contributed by atoms with Gasteiger partial charge in [0.15, 0.2) is 17.4 Å². The summed E-state index contributed by atoms with van der Waals surface area (Å²) in [6.07, 6.45) is 0. The minimum atomic E-state index is -1.71. The number of carboxylic acid groups (broad SMARTS) is 1. The normalized spacial score (nSPS) is 22.9. The largest absolute Gasteiger partial charge is 0.482 e. The Morgan fingerprint density at radius 1 is 1.38 bits per heavy atom. The molecule has 0 aromatic heterocycles. The van der Waals surface area contributed by atoms with Gasteiger partial charge in [-0.15, -0.1) is 0 Å². The van der Waals surface area contributed by atoms with E-state index in [1.807, 2.05) is 0 Å². The Balaban J connectivity index is 2.48. The van der Waals surface area contributed by atoms with Crippen LogP contribution in [0.5, 0.6) is 11.5 Å². The van der Waals surface area contributed by atoms with E-state index in [1.165, 1.54) is 6.92 Å². The molecular formula is C10H8F2O4. The maximum atomic E-state index is 13.3. The number of carboxylic acids is 1. The van der Waals surface area contributed by atoms with Gasteiger partial charge in [-0.3, -0.25) is 0 Å². The number of hydrogen-bond donors (Lipinski definition) is 1. The standard InChI is InChI=1S/C10H8F2O4/c1-10(9(13)14)4-15-7-5(11)2-3-6(12)8(7)16-10/h2-3H,4H2,1H3,(H,13,14). The third-order valence-electron chi connectivity index (χ3n) is 2.29. The van der Waals surface area contributed by atoms with Gasteiger partial charge in [-0.2, -0.15) is 0 Å². The molecule has 0 saturated heterocycles. The molecule has 0 saturated carbocycles. The Hall–Kier alpha value is -1.85. The van der Waals surface area contributed by atoms with Gasteiger partial charge in [0.1, 0.15) is 6.61 Å². The summed E-state index contributed by atoms with van der Waals surface area (Å²) in [5.41, 5.74) is -1.71. The maximum absolute atomic E-state index is 13.3. The number of halogens is 2.